The molecule has 13 heavy (non-hydrogen) atoms. The van der Waals surface area contributed by atoms with E-state index in [-0.39, 0.29) is 0 Å². The largest absolute Gasteiger partial charge is 0.315 e. The summed E-state index contributed by atoms with van der Waals surface area (Å²) in [5.41, 5.74) is 0.469. The molecule has 2 nitrogen and oxygen atoms in total. The summed E-state index contributed by atoms with van der Waals surface area (Å²) in [5.74, 6) is 0. The van der Waals surface area contributed by atoms with E-state index in [1.807, 2.05) is 0 Å². The van der Waals surface area contributed by atoms with Gasteiger partial charge < -0.3 is 10.6 Å². The fourth-order valence-corrected chi connectivity index (χ4v) is 1.24. The second-order valence-corrected chi connectivity index (χ2v) is 5.29. The molecule has 1 fully saturated rings. The monoisotopic (exact) mass is 184 g/mol. The van der Waals surface area contributed by atoms with Gasteiger partial charge in [-0.2, -0.15) is 0 Å². The van der Waals surface area contributed by atoms with Crippen molar-refractivity contribution >= 4 is 0 Å². The predicted molar refractivity (Wildman–Crippen MR) is 58.0 cm³/mol. The van der Waals surface area contributed by atoms with E-state index in [4.69, 9.17) is 0 Å². The minimum atomic E-state index is 0.469. The van der Waals surface area contributed by atoms with E-state index in [2.05, 4.69) is 31.4 Å². The molecule has 2 heteroatoms. The molecule has 0 bridgehead atoms. The molecule has 0 atom stereocenters. The lowest BCUT2D eigenvalue weighted by Gasteiger charge is -2.18. The fourth-order valence-electron chi connectivity index (χ4n) is 1.24. The van der Waals surface area contributed by atoms with E-state index in [0.717, 1.165) is 25.7 Å². The third-order valence-electron chi connectivity index (χ3n) is 2.36. The van der Waals surface area contributed by atoms with Crippen LogP contribution in [-0.2, 0) is 0 Å². The minimum Gasteiger partial charge on any atom is -0.315 e. The Kier molecular flexibility index (Phi) is 4.20. The second kappa shape index (κ2) is 4.97. The third-order valence-corrected chi connectivity index (χ3v) is 2.36. The van der Waals surface area contributed by atoms with Gasteiger partial charge in [0.2, 0.25) is 0 Å². The van der Waals surface area contributed by atoms with E-state index >= 15 is 0 Å². The molecule has 0 radical (unpaired) electrons. The van der Waals surface area contributed by atoms with Gasteiger partial charge >= 0.3 is 0 Å². The van der Waals surface area contributed by atoms with Crippen LogP contribution in [0.5, 0.6) is 0 Å². The first kappa shape index (κ1) is 11.0. The Balaban J connectivity index is 1.78. The van der Waals surface area contributed by atoms with Crippen LogP contribution in [0.2, 0.25) is 0 Å². The molecule has 2 N–H and O–H groups in total. The molecule has 0 heterocycles. The van der Waals surface area contributed by atoms with E-state index < -0.39 is 0 Å². The van der Waals surface area contributed by atoms with Gasteiger partial charge in [-0.05, 0) is 31.2 Å². The Hall–Kier alpha value is -0.0800. The summed E-state index contributed by atoms with van der Waals surface area (Å²) < 4.78 is 0. The molecule has 0 aromatic rings. The van der Waals surface area contributed by atoms with Crippen molar-refractivity contribution in [1.29, 1.82) is 0 Å². The molecular weight excluding hydrogens is 160 g/mol. The zero-order chi connectivity index (χ0) is 9.73. The summed E-state index contributed by atoms with van der Waals surface area (Å²) in [6, 6.07) is 0.851. The maximum absolute atomic E-state index is 3.49. The zero-order valence-electron chi connectivity index (χ0n) is 9.32. The SMILES string of the molecule is CC(C)(C)CCNCCNC1CC1. The van der Waals surface area contributed by atoms with Crippen LogP contribution in [0, 0.1) is 5.41 Å². The van der Waals surface area contributed by atoms with Gasteiger partial charge in [0.1, 0.15) is 0 Å². The molecule has 0 aromatic heterocycles. The van der Waals surface area contributed by atoms with Crippen LogP contribution in [0.4, 0.5) is 0 Å². The number of rotatable bonds is 6. The van der Waals surface area contributed by atoms with Crippen molar-refractivity contribution in [2.75, 3.05) is 19.6 Å². The Morgan fingerprint density at radius 1 is 1.08 bits per heavy atom. The first-order valence-corrected chi connectivity index (χ1v) is 5.52. The Morgan fingerprint density at radius 2 is 1.77 bits per heavy atom. The van der Waals surface area contributed by atoms with Crippen LogP contribution < -0.4 is 10.6 Å². The van der Waals surface area contributed by atoms with Gasteiger partial charge in [-0.3, -0.25) is 0 Å². The molecule has 78 valence electrons. The first-order chi connectivity index (χ1) is 6.08. The van der Waals surface area contributed by atoms with Crippen molar-refractivity contribution in [3.05, 3.63) is 0 Å². The smallest absolute Gasteiger partial charge is 0.00793 e. The fraction of sp³-hybridized carbons (Fsp3) is 1.00. The molecule has 0 saturated heterocycles. The van der Waals surface area contributed by atoms with Crippen LogP contribution in [0.1, 0.15) is 40.0 Å². The molecule has 0 unspecified atom stereocenters. The summed E-state index contributed by atoms with van der Waals surface area (Å²) in [6.45, 7) is 10.3. The van der Waals surface area contributed by atoms with Gasteiger partial charge in [0.05, 0.1) is 0 Å². The van der Waals surface area contributed by atoms with Gasteiger partial charge in [0.15, 0.2) is 0 Å². The molecule has 0 aliphatic heterocycles. The number of hydrogen-bond donors (Lipinski definition) is 2. The summed E-state index contributed by atoms with van der Waals surface area (Å²) >= 11 is 0. The number of nitrogens with one attached hydrogen (secondary N) is 2. The third kappa shape index (κ3) is 7.03. The lowest BCUT2D eigenvalue weighted by molar-refractivity contribution is 0.367. The van der Waals surface area contributed by atoms with Crippen LogP contribution in [0.15, 0.2) is 0 Å². The molecule has 0 spiro atoms. The van der Waals surface area contributed by atoms with Crippen molar-refractivity contribution in [2.45, 2.75) is 46.1 Å². The van der Waals surface area contributed by atoms with Crippen LogP contribution in [0.3, 0.4) is 0 Å². The highest BCUT2D eigenvalue weighted by Crippen LogP contribution is 2.18. The van der Waals surface area contributed by atoms with Gasteiger partial charge in [0.25, 0.3) is 0 Å². The molecule has 0 amide bonds. The van der Waals surface area contributed by atoms with E-state index in [0.29, 0.717) is 5.41 Å². The minimum absolute atomic E-state index is 0.469. The van der Waals surface area contributed by atoms with Crippen molar-refractivity contribution in [2.24, 2.45) is 5.41 Å². The average Bonchev–Trinajstić information content (AvgIpc) is 2.77. The Labute approximate surface area is 82.5 Å². The molecule has 0 aromatic carbocycles. The Bertz CT molecular complexity index is 134. The molecule has 1 saturated carbocycles. The molecule has 1 aliphatic carbocycles. The average molecular weight is 184 g/mol. The maximum atomic E-state index is 3.49. The number of hydrogen-bond acceptors (Lipinski definition) is 2. The highest BCUT2D eigenvalue weighted by Gasteiger charge is 2.19. The molecular formula is C11H24N2. The summed E-state index contributed by atoms with van der Waals surface area (Å²) in [6.07, 6.45) is 4.04. The van der Waals surface area contributed by atoms with Crippen molar-refractivity contribution in [3.63, 3.8) is 0 Å². The van der Waals surface area contributed by atoms with Crippen molar-refractivity contribution in [3.8, 4) is 0 Å². The quantitative estimate of drug-likeness (QED) is 0.615. The maximum Gasteiger partial charge on any atom is 0.00793 e. The Morgan fingerprint density at radius 3 is 2.31 bits per heavy atom. The van der Waals surface area contributed by atoms with E-state index in [1.54, 1.807) is 0 Å². The summed E-state index contributed by atoms with van der Waals surface area (Å²) in [5, 5.41) is 6.95. The molecule has 1 rings (SSSR count). The normalized spacial score (nSPS) is 17.8. The standard InChI is InChI=1S/C11H24N2/c1-11(2,3)6-7-12-8-9-13-10-4-5-10/h10,12-13H,4-9H2,1-3H3. The van der Waals surface area contributed by atoms with E-state index in [1.165, 1.54) is 19.3 Å². The topological polar surface area (TPSA) is 24.1 Å². The van der Waals surface area contributed by atoms with Crippen LogP contribution >= 0.6 is 0 Å². The second-order valence-electron chi connectivity index (χ2n) is 5.29. The summed E-state index contributed by atoms with van der Waals surface area (Å²) in [7, 11) is 0. The zero-order valence-corrected chi connectivity index (χ0v) is 9.32. The van der Waals surface area contributed by atoms with E-state index in [9.17, 15) is 0 Å². The first-order valence-electron chi connectivity index (χ1n) is 5.52. The highest BCUT2D eigenvalue weighted by atomic mass is 15.0. The molecule has 1 aliphatic rings. The highest BCUT2D eigenvalue weighted by molar-refractivity contribution is 4.80. The predicted octanol–water partition coefficient (Wildman–Crippen LogP) is 1.76. The van der Waals surface area contributed by atoms with Crippen LogP contribution in [-0.4, -0.2) is 25.7 Å². The van der Waals surface area contributed by atoms with Crippen LogP contribution in [0.25, 0.3) is 0 Å². The van der Waals surface area contributed by atoms with Crippen molar-refractivity contribution in [1.82, 2.24) is 10.6 Å². The van der Waals surface area contributed by atoms with Crippen molar-refractivity contribution < 1.29 is 0 Å². The lowest BCUT2D eigenvalue weighted by atomic mass is 9.92. The van der Waals surface area contributed by atoms with Gasteiger partial charge in [-0.15, -0.1) is 0 Å². The van der Waals surface area contributed by atoms with Gasteiger partial charge in [-0.1, -0.05) is 20.8 Å². The lowest BCUT2D eigenvalue weighted by Crippen LogP contribution is -2.30. The van der Waals surface area contributed by atoms with Gasteiger partial charge in [-0.25, -0.2) is 0 Å². The van der Waals surface area contributed by atoms with Gasteiger partial charge in [0, 0.05) is 19.1 Å². The summed E-state index contributed by atoms with van der Waals surface area (Å²) in [4.78, 5) is 0.